The van der Waals surface area contributed by atoms with Crippen LogP contribution in [-0.2, 0) is 13.1 Å². The average molecular weight is 259 g/mol. The molecule has 0 bridgehead atoms. The highest BCUT2D eigenvalue weighted by Crippen LogP contribution is 2.18. The van der Waals surface area contributed by atoms with Crippen LogP contribution in [0.3, 0.4) is 0 Å². The Hall–Kier alpha value is -1.81. The molecular formula is C15H21N3O. The summed E-state index contributed by atoms with van der Waals surface area (Å²) in [6.45, 7) is 5.91. The van der Waals surface area contributed by atoms with E-state index in [4.69, 9.17) is 4.42 Å². The Balaban J connectivity index is 2.09. The Bertz CT molecular complexity index is 494. The normalized spacial score (nSPS) is 10.9. The van der Waals surface area contributed by atoms with E-state index >= 15 is 0 Å². The van der Waals surface area contributed by atoms with Gasteiger partial charge in [-0.15, -0.1) is 0 Å². The highest BCUT2D eigenvalue weighted by molar-refractivity contribution is 5.46. The summed E-state index contributed by atoms with van der Waals surface area (Å²) in [4.78, 5) is 6.63. The number of nitrogens with one attached hydrogen (secondary N) is 1. The van der Waals surface area contributed by atoms with Gasteiger partial charge < -0.3 is 14.6 Å². The van der Waals surface area contributed by atoms with E-state index in [0.717, 1.165) is 24.5 Å². The monoisotopic (exact) mass is 259 g/mol. The first-order valence-electron chi connectivity index (χ1n) is 6.56. The topological polar surface area (TPSA) is 41.3 Å². The van der Waals surface area contributed by atoms with Crippen molar-refractivity contribution in [2.24, 2.45) is 0 Å². The summed E-state index contributed by atoms with van der Waals surface area (Å²) in [7, 11) is 2.05. The van der Waals surface area contributed by atoms with E-state index in [0.29, 0.717) is 6.04 Å². The summed E-state index contributed by atoms with van der Waals surface area (Å²) in [5, 5.41) is 3.43. The summed E-state index contributed by atoms with van der Waals surface area (Å²) >= 11 is 0. The maximum absolute atomic E-state index is 5.10. The van der Waals surface area contributed by atoms with E-state index in [9.17, 15) is 0 Å². The SMILES string of the molecule is CC(C)NCc1cccnc1N(C)Cc1ccoc1. The fourth-order valence-electron chi connectivity index (χ4n) is 1.96. The third-order valence-electron chi connectivity index (χ3n) is 2.93. The van der Waals surface area contributed by atoms with Crippen molar-refractivity contribution in [1.82, 2.24) is 10.3 Å². The molecule has 4 heteroatoms. The van der Waals surface area contributed by atoms with Crippen molar-refractivity contribution in [3.8, 4) is 0 Å². The van der Waals surface area contributed by atoms with Crippen molar-refractivity contribution >= 4 is 5.82 Å². The first kappa shape index (κ1) is 13.6. The minimum absolute atomic E-state index is 0.465. The Labute approximate surface area is 114 Å². The quantitative estimate of drug-likeness (QED) is 0.866. The number of hydrogen-bond acceptors (Lipinski definition) is 4. The predicted octanol–water partition coefficient (Wildman–Crippen LogP) is 2.81. The molecule has 0 atom stereocenters. The van der Waals surface area contributed by atoms with Crippen molar-refractivity contribution in [1.29, 1.82) is 0 Å². The predicted molar refractivity (Wildman–Crippen MR) is 77.0 cm³/mol. The fraction of sp³-hybridized carbons (Fsp3) is 0.400. The maximum atomic E-state index is 5.10. The number of pyridine rings is 1. The first-order chi connectivity index (χ1) is 9.16. The molecule has 0 aliphatic carbocycles. The summed E-state index contributed by atoms with van der Waals surface area (Å²) in [6, 6.07) is 6.54. The molecule has 0 amide bonds. The molecule has 0 saturated carbocycles. The molecule has 102 valence electrons. The third-order valence-corrected chi connectivity index (χ3v) is 2.93. The van der Waals surface area contributed by atoms with Crippen LogP contribution in [0.4, 0.5) is 5.82 Å². The molecule has 19 heavy (non-hydrogen) atoms. The second kappa shape index (κ2) is 6.38. The van der Waals surface area contributed by atoms with E-state index in [2.05, 4.69) is 35.1 Å². The number of anilines is 1. The molecule has 2 rings (SSSR count). The highest BCUT2D eigenvalue weighted by atomic mass is 16.3. The molecule has 0 spiro atoms. The lowest BCUT2D eigenvalue weighted by atomic mass is 10.2. The summed E-state index contributed by atoms with van der Waals surface area (Å²) in [6.07, 6.45) is 5.30. The Morgan fingerprint density at radius 2 is 2.21 bits per heavy atom. The molecule has 4 nitrogen and oxygen atoms in total. The Morgan fingerprint density at radius 1 is 1.37 bits per heavy atom. The average Bonchev–Trinajstić information content (AvgIpc) is 2.89. The molecule has 0 aliphatic rings. The molecule has 2 heterocycles. The largest absolute Gasteiger partial charge is 0.472 e. The van der Waals surface area contributed by atoms with Crippen molar-refractivity contribution in [2.75, 3.05) is 11.9 Å². The molecule has 1 N–H and O–H groups in total. The van der Waals surface area contributed by atoms with Gasteiger partial charge in [0.25, 0.3) is 0 Å². The molecule has 0 fully saturated rings. The van der Waals surface area contributed by atoms with E-state index in [1.165, 1.54) is 5.56 Å². The molecule has 2 aromatic heterocycles. The van der Waals surface area contributed by atoms with Gasteiger partial charge in [-0.05, 0) is 12.1 Å². The summed E-state index contributed by atoms with van der Waals surface area (Å²) < 4.78 is 5.10. The van der Waals surface area contributed by atoms with Crippen molar-refractivity contribution in [3.05, 3.63) is 48.0 Å². The second-order valence-corrected chi connectivity index (χ2v) is 5.01. The van der Waals surface area contributed by atoms with E-state index in [-0.39, 0.29) is 0 Å². The molecule has 0 aliphatic heterocycles. The Morgan fingerprint density at radius 3 is 2.89 bits per heavy atom. The maximum Gasteiger partial charge on any atom is 0.133 e. The molecular weight excluding hydrogens is 238 g/mol. The van der Waals surface area contributed by atoms with Gasteiger partial charge in [0.05, 0.1) is 12.5 Å². The molecule has 0 aromatic carbocycles. The van der Waals surface area contributed by atoms with Gasteiger partial charge in [-0.3, -0.25) is 0 Å². The van der Waals surface area contributed by atoms with Gasteiger partial charge in [0.2, 0.25) is 0 Å². The van der Waals surface area contributed by atoms with E-state index in [1.807, 2.05) is 25.4 Å². The van der Waals surface area contributed by atoms with Crippen LogP contribution < -0.4 is 10.2 Å². The summed E-state index contributed by atoms with van der Waals surface area (Å²) in [5.41, 5.74) is 2.36. The standard InChI is InChI=1S/C15H21N3O/c1-12(2)17-9-14-5-4-7-16-15(14)18(3)10-13-6-8-19-11-13/h4-8,11-12,17H,9-10H2,1-3H3. The zero-order chi connectivity index (χ0) is 13.7. The van der Waals surface area contributed by atoms with Gasteiger partial charge in [0.15, 0.2) is 0 Å². The third kappa shape index (κ3) is 3.83. The van der Waals surface area contributed by atoms with Crippen molar-refractivity contribution < 1.29 is 4.42 Å². The lowest BCUT2D eigenvalue weighted by molar-refractivity contribution is 0.563. The van der Waals surface area contributed by atoms with Gasteiger partial charge in [0.1, 0.15) is 5.82 Å². The number of hydrogen-bond donors (Lipinski definition) is 1. The van der Waals surface area contributed by atoms with Crippen LogP contribution in [0, 0.1) is 0 Å². The molecule has 0 radical (unpaired) electrons. The lowest BCUT2D eigenvalue weighted by Gasteiger charge is -2.21. The van der Waals surface area contributed by atoms with E-state index in [1.54, 1.807) is 12.5 Å². The van der Waals surface area contributed by atoms with Crippen molar-refractivity contribution in [2.45, 2.75) is 33.0 Å². The second-order valence-electron chi connectivity index (χ2n) is 5.01. The molecule has 0 unspecified atom stereocenters. The van der Waals surface area contributed by atoms with Crippen LogP contribution in [0.5, 0.6) is 0 Å². The first-order valence-corrected chi connectivity index (χ1v) is 6.56. The molecule has 0 saturated heterocycles. The van der Waals surface area contributed by atoms with Gasteiger partial charge in [-0.1, -0.05) is 19.9 Å². The van der Waals surface area contributed by atoms with Crippen LogP contribution in [-0.4, -0.2) is 18.1 Å². The van der Waals surface area contributed by atoms with E-state index < -0.39 is 0 Å². The van der Waals surface area contributed by atoms with Crippen LogP contribution in [0.1, 0.15) is 25.0 Å². The summed E-state index contributed by atoms with van der Waals surface area (Å²) in [5.74, 6) is 1.01. The van der Waals surface area contributed by atoms with Gasteiger partial charge >= 0.3 is 0 Å². The number of rotatable bonds is 6. The lowest BCUT2D eigenvalue weighted by Crippen LogP contribution is -2.25. The van der Waals surface area contributed by atoms with Gasteiger partial charge in [-0.25, -0.2) is 4.98 Å². The number of nitrogens with zero attached hydrogens (tertiary/aromatic N) is 2. The molecule has 2 aromatic rings. The van der Waals surface area contributed by atoms with Crippen molar-refractivity contribution in [3.63, 3.8) is 0 Å². The van der Waals surface area contributed by atoms with Gasteiger partial charge in [0, 0.05) is 43.5 Å². The number of furan rings is 1. The Kier molecular flexibility index (Phi) is 4.58. The minimum atomic E-state index is 0.465. The minimum Gasteiger partial charge on any atom is -0.472 e. The van der Waals surface area contributed by atoms with Crippen LogP contribution in [0.2, 0.25) is 0 Å². The van der Waals surface area contributed by atoms with Crippen LogP contribution >= 0.6 is 0 Å². The van der Waals surface area contributed by atoms with Gasteiger partial charge in [-0.2, -0.15) is 0 Å². The zero-order valence-corrected chi connectivity index (χ0v) is 11.8. The zero-order valence-electron chi connectivity index (χ0n) is 11.8. The van der Waals surface area contributed by atoms with Crippen LogP contribution in [0.15, 0.2) is 41.3 Å². The smallest absolute Gasteiger partial charge is 0.133 e. The van der Waals surface area contributed by atoms with Crippen LogP contribution in [0.25, 0.3) is 0 Å². The highest BCUT2D eigenvalue weighted by Gasteiger charge is 2.09. The fourth-order valence-corrected chi connectivity index (χ4v) is 1.96. The number of aromatic nitrogens is 1.